The van der Waals surface area contributed by atoms with Crippen LogP contribution in [0, 0.1) is 5.92 Å². The van der Waals surface area contributed by atoms with Crippen molar-refractivity contribution in [3.63, 3.8) is 0 Å². The van der Waals surface area contributed by atoms with E-state index in [1.807, 2.05) is 0 Å². The van der Waals surface area contributed by atoms with Gasteiger partial charge in [0.05, 0.1) is 19.8 Å². The Hall–Kier alpha value is -1.85. The normalized spacial score (nSPS) is 20.1. The third-order valence-corrected chi connectivity index (χ3v) is 4.65. The van der Waals surface area contributed by atoms with E-state index in [1.54, 1.807) is 36.1 Å². The van der Waals surface area contributed by atoms with Gasteiger partial charge in [-0.2, -0.15) is 0 Å². The maximum absolute atomic E-state index is 12.4. The van der Waals surface area contributed by atoms with E-state index < -0.39 is 5.92 Å². The van der Waals surface area contributed by atoms with E-state index in [4.69, 9.17) is 4.74 Å². The minimum absolute atomic E-state index is 0.106. The average molecular weight is 315 g/mol. The molecule has 0 atom stereocenters. The van der Waals surface area contributed by atoms with Gasteiger partial charge in [0, 0.05) is 29.8 Å². The summed E-state index contributed by atoms with van der Waals surface area (Å²) in [4.78, 5) is 30.9. The van der Waals surface area contributed by atoms with Crippen molar-refractivity contribution in [2.24, 2.45) is 10.9 Å². The second-order valence-corrected chi connectivity index (χ2v) is 6.20. The maximum Gasteiger partial charge on any atom is 0.180 e. The first-order chi connectivity index (χ1) is 11.2. The quantitative estimate of drug-likeness (QED) is 0.487. The zero-order valence-corrected chi connectivity index (χ0v) is 13.5. The molecule has 0 bridgehead atoms. The maximum atomic E-state index is 12.4. The summed E-state index contributed by atoms with van der Waals surface area (Å²) in [6.07, 6.45) is 0.967. The molecule has 0 aromatic heterocycles. The molecule has 1 aromatic carbocycles. The van der Waals surface area contributed by atoms with Crippen LogP contribution in [0.3, 0.4) is 0 Å². The number of ether oxygens (including phenoxy) is 1. The van der Waals surface area contributed by atoms with Crippen molar-refractivity contribution in [2.45, 2.75) is 13.3 Å². The van der Waals surface area contributed by atoms with Crippen LogP contribution in [0.5, 0.6) is 0 Å². The van der Waals surface area contributed by atoms with Crippen LogP contribution in [0.15, 0.2) is 29.3 Å². The Morgan fingerprint density at radius 2 is 1.78 bits per heavy atom. The zero-order chi connectivity index (χ0) is 16.2. The lowest BCUT2D eigenvalue weighted by atomic mass is 9.99. The predicted molar refractivity (Wildman–Crippen MR) is 87.6 cm³/mol. The Morgan fingerprint density at radius 3 is 2.39 bits per heavy atom. The van der Waals surface area contributed by atoms with Crippen molar-refractivity contribution in [3.8, 4) is 0 Å². The average Bonchev–Trinajstić information content (AvgIpc) is 2.84. The highest BCUT2D eigenvalue weighted by molar-refractivity contribution is 6.36. The lowest BCUT2D eigenvalue weighted by Crippen LogP contribution is -3.14. The highest BCUT2D eigenvalue weighted by Gasteiger charge is 2.39. The summed E-state index contributed by atoms with van der Waals surface area (Å²) < 4.78 is 5.34. The van der Waals surface area contributed by atoms with Crippen molar-refractivity contribution in [2.75, 3.05) is 39.4 Å². The van der Waals surface area contributed by atoms with Crippen LogP contribution >= 0.6 is 0 Å². The van der Waals surface area contributed by atoms with Gasteiger partial charge >= 0.3 is 0 Å². The SMILES string of the molecule is CC(=NCCC[NH+]1CCOCC1)C1C(=O)c2ccccc2C1=O. The molecule has 0 radical (unpaired) electrons. The molecule has 2 aliphatic rings. The number of aliphatic imine (C=N–C) groups is 1. The van der Waals surface area contributed by atoms with Gasteiger partial charge in [-0.05, 0) is 6.92 Å². The summed E-state index contributed by atoms with van der Waals surface area (Å²) >= 11 is 0. The van der Waals surface area contributed by atoms with E-state index in [0.717, 1.165) is 39.3 Å². The molecule has 0 spiro atoms. The van der Waals surface area contributed by atoms with E-state index in [1.165, 1.54) is 0 Å². The number of quaternary nitrogens is 1. The molecule has 1 heterocycles. The zero-order valence-electron chi connectivity index (χ0n) is 13.5. The standard InChI is InChI=1S/C18H22N2O3/c1-13(19-7-4-8-20-9-11-23-12-10-20)16-17(21)14-5-2-3-6-15(14)18(16)22/h2-3,5-6,16H,4,7-12H2,1H3/p+1. The van der Waals surface area contributed by atoms with Gasteiger partial charge in [-0.3, -0.25) is 14.6 Å². The first kappa shape index (κ1) is 16.0. The van der Waals surface area contributed by atoms with Crippen molar-refractivity contribution in [1.82, 2.24) is 0 Å². The molecule has 23 heavy (non-hydrogen) atoms. The number of fused-ring (bicyclic) bond motifs is 1. The lowest BCUT2D eigenvalue weighted by Gasteiger charge is -2.23. The van der Waals surface area contributed by atoms with Gasteiger partial charge < -0.3 is 9.64 Å². The number of nitrogens with zero attached hydrogens (tertiary/aromatic N) is 1. The van der Waals surface area contributed by atoms with Crippen LogP contribution in [0.2, 0.25) is 0 Å². The highest BCUT2D eigenvalue weighted by Crippen LogP contribution is 2.27. The van der Waals surface area contributed by atoms with Crippen LogP contribution in [-0.2, 0) is 4.74 Å². The summed E-state index contributed by atoms with van der Waals surface area (Å²) in [7, 11) is 0. The largest absolute Gasteiger partial charge is 0.370 e. The number of Topliss-reactive ketones (excluding diaryl/α,β-unsaturated/α-hetero) is 2. The van der Waals surface area contributed by atoms with E-state index in [9.17, 15) is 9.59 Å². The van der Waals surface area contributed by atoms with Gasteiger partial charge in [-0.15, -0.1) is 0 Å². The van der Waals surface area contributed by atoms with Crippen molar-refractivity contribution in [3.05, 3.63) is 35.4 Å². The van der Waals surface area contributed by atoms with Gasteiger partial charge in [0.15, 0.2) is 11.6 Å². The molecule has 1 aliphatic heterocycles. The molecule has 0 unspecified atom stereocenters. The Bertz CT molecular complexity index is 598. The van der Waals surface area contributed by atoms with Gasteiger partial charge in [0.2, 0.25) is 0 Å². The van der Waals surface area contributed by atoms with Gasteiger partial charge in [0.25, 0.3) is 0 Å². The third-order valence-electron chi connectivity index (χ3n) is 4.65. The minimum atomic E-state index is -0.705. The minimum Gasteiger partial charge on any atom is -0.370 e. The molecule has 5 heteroatoms. The first-order valence-corrected chi connectivity index (χ1v) is 8.28. The molecular weight excluding hydrogens is 292 g/mol. The number of benzene rings is 1. The number of morpholine rings is 1. The molecule has 3 rings (SSSR count). The second kappa shape index (κ2) is 7.15. The third kappa shape index (κ3) is 3.41. The molecule has 1 saturated heterocycles. The number of rotatable bonds is 5. The van der Waals surface area contributed by atoms with Crippen LogP contribution in [0.1, 0.15) is 34.1 Å². The second-order valence-electron chi connectivity index (χ2n) is 6.20. The van der Waals surface area contributed by atoms with E-state index in [2.05, 4.69) is 4.99 Å². The molecule has 0 saturated carbocycles. The summed E-state index contributed by atoms with van der Waals surface area (Å²) in [5.74, 6) is -0.917. The molecule has 1 aliphatic carbocycles. The van der Waals surface area contributed by atoms with E-state index >= 15 is 0 Å². The number of hydrogen-bond donors (Lipinski definition) is 1. The number of ketones is 2. The van der Waals surface area contributed by atoms with Crippen molar-refractivity contribution in [1.29, 1.82) is 0 Å². The predicted octanol–water partition coefficient (Wildman–Crippen LogP) is 0.448. The number of hydrogen-bond acceptors (Lipinski definition) is 4. The first-order valence-electron chi connectivity index (χ1n) is 8.28. The van der Waals surface area contributed by atoms with Gasteiger partial charge in [-0.1, -0.05) is 24.3 Å². The Morgan fingerprint density at radius 1 is 1.17 bits per heavy atom. The summed E-state index contributed by atoms with van der Waals surface area (Å²) in [6.45, 7) is 7.31. The molecule has 1 N–H and O–H groups in total. The molecule has 1 fully saturated rings. The Labute approximate surface area is 136 Å². The Balaban J connectivity index is 1.57. The van der Waals surface area contributed by atoms with Crippen LogP contribution < -0.4 is 4.90 Å². The molecule has 1 aromatic rings. The van der Waals surface area contributed by atoms with Crippen molar-refractivity contribution >= 4 is 17.3 Å². The summed E-state index contributed by atoms with van der Waals surface area (Å²) in [6, 6.07) is 7.04. The molecule has 0 amide bonds. The summed E-state index contributed by atoms with van der Waals surface area (Å²) in [5.41, 5.74) is 1.72. The highest BCUT2D eigenvalue weighted by atomic mass is 16.5. The monoisotopic (exact) mass is 315 g/mol. The van der Waals surface area contributed by atoms with Crippen LogP contribution in [-0.4, -0.2) is 56.7 Å². The van der Waals surface area contributed by atoms with Crippen LogP contribution in [0.4, 0.5) is 0 Å². The van der Waals surface area contributed by atoms with E-state index in [-0.39, 0.29) is 11.6 Å². The van der Waals surface area contributed by atoms with Gasteiger partial charge in [-0.25, -0.2) is 0 Å². The van der Waals surface area contributed by atoms with Crippen LogP contribution in [0.25, 0.3) is 0 Å². The van der Waals surface area contributed by atoms with Gasteiger partial charge in [0.1, 0.15) is 19.0 Å². The number of nitrogens with one attached hydrogen (secondary N) is 1. The molecule has 122 valence electrons. The Kier molecular flexibility index (Phi) is 4.98. The fraction of sp³-hybridized carbons (Fsp3) is 0.500. The smallest absolute Gasteiger partial charge is 0.180 e. The molecular formula is C18H23N2O3+. The lowest BCUT2D eigenvalue weighted by molar-refractivity contribution is -0.908. The molecule has 5 nitrogen and oxygen atoms in total. The fourth-order valence-corrected chi connectivity index (χ4v) is 3.31. The van der Waals surface area contributed by atoms with E-state index in [0.29, 0.717) is 23.4 Å². The number of carbonyl (C=O) groups is 2. The summed E-state index contributed by atoms with van der Waals surface area (Å²) in [5, 5.41) is 0. The fourth-order valence-electron chi connectivity index (χ4n) is 3.31. The van der Waals surface area contributed by atoms with Crippen molar-refractivity contribution < 1.29 is 19.2 Å². The number of carbonyl (C=O) groups excluding carboxylic acids is 2. The topological polar surface area (TPSA) is 60.2 Å².